The van der Waals surface area contributed by atoms with Crippen molar-refractivity contribution in [2.75, 3.05) is 16.8 Å². The molecule has 0 aliphatic heterocycles. The Balaban J connectivity index is 1.41. The largest absolute Gasteiger partial charge is 0.338 e. The van der Waals surface area contributed by atoms with Gasteiger partial charge in [-0.3, -0.25) is 9.59 Å². The molecule has 0 radical (unpaired) electrons. The Labute approximate surface area is 200 Å². The average molecular weight is 473 g/mol. The molecule has 0 atom stereocenters. The van der Waals surface area contributed by atoms with Gasteiger partial charge in [-0.25, -0.2) is 13.8 Å². The van der Waals surface area contributed by atoms with Crippen LogP contribution in [0.1, 0.15) is 19.3 Å². The third-order valence-electron chi connectivity index (χ3n) is 5.33. The summed E-state index contributed by atoms with van der Waals surface area (Å²) < 4.78 is 27.6. The Morgan fingerprint density at radius 1 is 1.03 bits per heavy atom. The zero-order valence-corrected chi connectivity index (χ0v) is 18.6. The summed E-state index contributed by atoms with van der Waals surface area (Å²) in [6, 6.07) is 19.0. The van der Waals surface area contributed by atoms with Crippen LogP contribution in [0.25, 0.3) is 22.4 Å². The topological polar surface area (TPSA) is 102 Å². The zero-order valence-electron chi connectivity index (χ0n) is 18.6. The summed E-state index contributed by atoms with van der Waals surface area (Å²) in [6.07, 6.45) is 0.107. The maximum Gasteiger partial charge on any atom is 0.227 e. The summed E-state index contributed by atoms with van der Waals surface area (Å²) >= 11 is 0. The van der Waals surface area contributed by atoms with Crippen LogP contribution >= 0.6 is 0 Å². The highest BCUT2D eigenvalue weighted by molar-refractivity contribution is 5.98. The van der Waals surface area contributed by atoms with Gasteiger partial charge in [-0.1, -0.05) is 18.2 Å². The number of amides is 2. The number of nitriles is 1. The van der Waals surface area contributed by atoms with Gasteiger partial charge in [0.2, 0.25) is 11.8 Å². The summed E-state index contributed by atoms with van der Waals surface area (Å²) in [4.78, 5) is 33.9. The van der Waals surface area contributed by atoms with E-state index in [1.54, 1.807) is 42.5 Å². The van der Waals surface area contributed by atoms with E-state index in [4.69, 9.17) is 5.26 Å². The summed E-state index contributed by atoms with van der Waals surface area (Å²) in [5.41, 5.74) is 2.19. The fourth-order valence-corrected chi connectivity index (χ4v) is 3.64. The standard InChI is InChI=1S/C26H21F2N5O2/c27-17-7-9-21(28)20(15-17)26-31-22-10-8-18(16-23(22)32-26)30-24(34)11-12-25(35)33(14-4-13-29)19-5-2-1-3-6-19/h1-3,5-10,15-16H,4,11-12,14H2,(H,30,34)(H,31,32). The lowest BCUT2D eigenvalue weighted by molar-refractivity contribution is -0.122. The number of hydrogen-bond acceptors (Lipinski definition) is 4. The van der Waals surface area contributed by atoms with Gasteiger partial charge in [0.1, 0.15) is 17.5 Å². The molecule has 0 spiro atoms. The van der Waals surface area contributed by atoms with Crippen molar-refractivity contribution in [2.45, 2.75) is 19.3 Å². The van der Waals surface area contributed by atoms with Crippen LogP contribution in [-0.2, 0) is 9.59 Å². The van der Waals surface area contributed by atoms with Gasteiger partial charge in [0, 0.05) is 30.8 Å². The number of fused-ring (bicyclic) bond motifs is 1. The highest BCUT2D eigenvalue weighted by atomic mass is 19.1. The number of imidazole rings is 1. The number of hydrogen-bond donors (Lipinski definition) is 2. The van der Waals surface area contributed by atoms with E-state index in [0.29, 0.717) is 22.4 Å². The van der Waals surface area contributed by atoms with Gasteiger partial charge in [0.15, 0.2) is 0 Å². The van der Waals surface area contributed by atoms with Crippen LogP contribution in [0.2, 0.25) is 0 Å². The molecular formula is C26H21F2N5O2. The lowest BCUT2D eigenvalue weighted by atomic mass is 10.2. The molecule has 0 aliphatic rings. The molecule has 4 aromatic rings. The SMILES string of the molecule is N#CCCN(C(=O)CCC(=O)Nc1ccc2nc(-c3cc(F)ccc3F)[nH]c2c1)c1ccccc1. The number of nitrogens with one attached hydrogen (secondary N) is 2. The quantitative estimate of drug-likeness (QED) is 0.368. The number of rotatable bonds is 8. The first-order valence-electron chi connectivity index (χ1n) is 10.9. The molecular weight excluding hydrogens is 452 g/mol. The number of aromatic nitrogens is 2. The highest BCUT2D eigenvalue weighted by Gasteiger charge is 2.17. The van der Waals surface area contributed by atoms with E-state index >= 15 is 0 Å². The Hall–Kier alpha value is -4.58. The number of halogens is 2. The van der Waals surface area contributed by atoms with Gasteiger partial charge in [-0.15, -0.1) is 0 Å². The molecule has 0 saturated heterocycles. The van der Waals surface area contributed by atoms with Crippen LogP contribution in [0, 0.1) is 23.0 Å². The molecule has 176 valence electrons. The third kappa shape index (κ3) is 5.68. The second-order valence-corrected chi connectivity index (χ2v) is 7.78. The molecule has 2 N–H and O–H groups in total. The van der Waals surface area contributed by atoms with E-state index in [2.05, 4.69) is 15.3 Å². The van der Waals surface area contributed by atoms with E-state index in [9.17, 15) is 18.4 Å². The number of para-hydroxylation sites is 1. The molecule has 0 unspecified atom stereocenters. The van der Waals surface area contributed by atoms with Gasteiger partial charge < -0.3 is 15.2 Å². The van der Waals surface area contributed by atoms with Crippen molar-refractivity contribution in [3.05, 3.63) is 78.4 Å². The Kier molecular flexibility index (Phi) is 7.12. The normalized spacial score (nSPS) is 10.7. The Bertz CT molecular complexity index is 1410. The lowest BCUT2D eigenvalue weighted by Crippen LogP contribution is -2.32. The molecule has 0 saturated carbocycles. The second-order valence-electron chi connectivity index (χ2n) is 7.78. The van der Waals surface area contributed by atoms with Crippen molar-refractivity contribution < 1.29 is 18.4 Å². The van der Waals surface area contributed by atoms with Crippen LogP contribution < -0.4 is 10.2 Å². The molecule has 0 fully saturated rings. The first-order chi connectivity index (χ1) is 16.9. The first kappa shape index (κ1) is 23.6. The van der Waals surface area contributed by atoms with Crippen molar-refractivity contribution in [3.63, 3.8) is 0 Å². The minimum absolute atomic E-state index is 0.00432. The highest BCUT2D eigenvalue weighted by Crippen LogP contribution is 2.25. The van der Waals surface area contributed by atoms with Crippen molar-refractivity contribution in [1.29, 1.82) is 5.26 Å². The summed E-state index contributed by atoms with van der Waals surface area (Å²) in [6.45, 7) is 0.242. The monoisotopic (exact) mass is 473 g/mol. The van der Waals surface area contributed by atoms with Gasteiger partial charge >= 0.3 is 0 Å². The molecule has 7 nitrogen and oxygen atoms in total. The second kappa shape index (κ2) is 10.6. The summed E-state index contributed by atoms with van der Waals surface area (Å²) in [7, 11) is 0. The maximum atomic E-state index is 14.1. The van der Waals surface area contributed by atoms with Gasteiger partial charge in [-0.2, -0.15) is 5.26 Å². The van der Waals surface area contributed by atoms with Crippen LogP contribution in [0.4, 0.5) is 20.2 Å². The third-order valence-corrected chi connectivity index (χ3v) is 5.33. The molecule has 4 rings (SSSR count). The molecule has 0 aliphatic carbocycles. The van der Waals surface area contributed by atoms with E-state index in [1.165, 1.54) is 4.90 Å². The smallest absolute Gasteiger partial charge is 0.227 e. The van der Waals surface area contributed by atoms with Gasteiger partial charge in [0.05, 0.1) is 29.1 Å². The van der Waals surface area contributed by atoms with Crippen LogP contribution in [0.3, 0.4) is 0 Å². The van der Waals surface area contributed by atoms with Crippen LogP contribution in [-0.4, -0.2) is 28.3 Å². The van der Waals surface area contributed by atoms with Crippen LogP contribution in [0.5, 0.6) is 0 Å². The molecule has 3 aromatic carbocycles. The average Bonchev–Trinajstić information content (AvgIpc) is 3.28. The maximum absolute atomic E-state index is 14.1. The van der Waals surface area contributed by atoms with E-state index in [-0.39, 0.29) is 49.0 Å². The fourth-order valence-electron chi connectivity index (χ4n) is 3.64. The number of carbonyl (C=O) groups excluding carboxylic acids is 2. The number of benzene rings is 3. The summed E-state index contributed by atoms with van der Waals surface area (Å²) in [5, 5.41) is 11.6. The zero-order chi connectivity index (χ0) is 24.8. The molecule has 35 heavy (non-hydrogen) atoms. The first-order valence-corrected chi connectivity index (χ1v) is 10.9. The molecule has 2 amide bonds. The number of H-pyrrole nitrogens is 1. The van der Waals surface area contributed by atoms with E-state index in [0.717, 1.165) is 18.2 Å². The van der Waals surface area contributed by atoms with Crippen molar-refractivity contribution in [1.82, 2.24) is 9.97 Å². The predicted molar refractivity (Wildman–Crippen MR) is 128 cm³/mol. The molecule has 1 aromatic heterocycles. The Morgan fingerprint density at radius 2 is 1.83 bits per heavy atom. The van der Waals surface area contributed by atoms with Gasteiger partial charge in [-0.05, 0) is 48.5 Å². The van der Waals surface area contributed by atoms with Gasteiger partial charge in [0.25, 0.3) is 0 Å². The minimum Gasteiger partial charge on any atom is -0.338 e. The molecule has 9 heteroatoms. The minimum atomic E-state index is -0.608. The van der Waals surface area contributed by atoms with E-state index < -0.39 is 11.6 Å². The molecule has 1 heterocycles. The number of carbonyl (C=O) groups is 2. The van der Waals surface area contributed by atoms with Crippen LogP contribution in [0.15, 0.2) is 66.7 Å². The van der Waals surface area contributed by atoms with Crippen molar-refractivity contribution >= 4 is 34.2 Å². The van der Waals surface area contributed by atoms with Crippen molar-refractivity contribution in [3.8, 4) is 17.5 Å². The predicted octanol–water partition coefficient (Wildman–Crippen LogP) is 5.17. The Morgan fingerprint density at radius 3 is 2.60 bits per heavy atom. The molecule has 0 bridgehead atoms. The number of anilines is 2. The summed E-state index contributed by atoms with van der Waals surface area (Å²) in [5.74, 6) is -1.63. The fraction of sp³-hybridized carbons (Fsp3) is 0.154. The lowest BCUT2D eigenvalue weighted by Gasteiger charge is -2.21. The number of aromatic amines is 1. The van der Waals surface area contributed by atoms with E-state index in [1.807, 2.05) is 12.1 Å². The van der Waals surface area contributed by atoms with Crippen molar-refractivity contribution in [2.24, 2.45) is 0 Å². The number of nitrogens with zero attached hydrogens (tertiary/aromatic N) is 3.